The standard InChI is InChI=1S/C20H19FN2O2/c1-12(2)14-9-15-18(10-17(14)21)22-11-16(20(24)25-3)19(15)23-13-7-5-4-6-8-13/h4-12H,1-3H3,(H,22,23). The first kappa shape index (κ1) is 16.9. The fraction of sp³-hybridized carbons (Fsp3) is 0.200. The molecule has 4 nitrogen and oxygen atoms in total. The van der Waals surface area contributed by atoms with E-state index in [1.807, 2.05) is 44.2 Å². The number of methoxy groups -OCH3 is 1. The van der Waals surface area contributed by atoms with Crippen molar-refractivity contribution in [3.05, 3.63) is 65.6 Å². The number of para-hydroxylation sites is 1. The van der Waals surface area contributed by atoms with Gasteiger partial charge in [-0.3, -0.25) is 4.98 Å². The smallest absolute Gasteiger partial charge is 0.341 e. The maximum Gasteiger partial charge on any atom is 0.341 e. The van der Waals surface area contributed by atoms with Crippen molar-refractivity contribution in [3.8, 4) is 0 Å². The van der Waals surface area contributed by atoms with Gasteiger partial charge in [-0.15, -0.1) is 0 Å². The summed E-state index contributed by atoms with van der Waals surface area (Å²) in [7, 11) is 1.32. The number of nitrogens with zero attached hydrogens (tertiary/aromatic N) is 1. The zero-order valence-corrected chi connectivity index (χ0v) is 14.3. The van der Waals surface area contributed by atoms with E-state index in [-0.39, 0.29) is 11.7 Å². The Morgan fingerprint density at radius 3 is 2.56 bits per heavy atom. The van der Waals surface area contributed by atoms with Gasteiger partial charge in [0, 0.05) is 23.3 Å². The molecular weight excluding hydrogens is 319 g/mol. The van der Waals surface area contributed by atoms with Gasteiger partial charge in [0.1, 0.15) is 11.4 Å². The van der Waals surface area contributed by atoms with Crippen LogP contribution in [0.2, 0.25) is 0 Å². The summed E-state index contributed by atoms with van der Waals surface area (Å²) in [5, 5.41) is 3.93. The lowest BCUT2D eigenvalue weighted by molar-refractivity contribution is 0.0601. The maximum absolute atomic E-state index is 14.3. The molecule has 0 saturated carbocycles. The van der Waals surface area contributed by atoms with E-state index in [1.54, 1.807) is 6.07 Å². The number of pyridine rings is 1. The molecule has 0 bridgehead atoms. The Bertz CT molecular complexity index is 924. The highest BCUT2D eigenvalue weighted by Gasteiger charge is 2.19. The third-order valence-corrected chi connectivity index (χ3v) is 4.06. The molecule has 0 aliphatic heterocycles. The second-order valence-corrected chi connectivity index (χ2v) is 6.08. The molecule has 0 aliphatic rings. The van der Waals surface area contributed by atoms with Crippen LogP contribution in [0.3, 0.4) is 0 Å². The Kier molecular flexibility index (Phi) is 4.65. The highest BCUT2D eigenvalue weighted by atomic mass is 19.1. The summed E-state index contributed by atoms with van der Waals surface area (Å²) in [5.41, 5.74) is 2.74. The van der Waals surface area contributed by atoms with Crippen LogP contribution in [0, 0.1) is 5.82 Å². The van der Waals surface area contributed by atoms with Gasteiger partial charge in [0.05, 0.1) is 18.3 Å². The molecule has 128 valence electrons. The van der Waals surface area contributed by atoms with E-state index < -0.39 is 5.97 Å². The van der Waals surface area contributed by atoms with Gasteiger partial charge in [0.15, 0.2) is 0 Å². The van der Waals surface area contributed by atoms with Crippen molar-refractivity contribution >= 4 is 28.2 Å². The van der Waals surface area contributed by atoms with Crippen molar-refractivity contribution in [1.29, 1.82) is 0 Å². The number of hydrogen-bond donors (Lipinski definition) is 1. The number of rotatable bonds is 4. The first-order chi connectivity index (χ1) is 12.0. The van der Waals surface area contributed by atoms with E-state index in [4.69, 9.17) is 4.74 Å². The topological polar surface area (TPSA) is 51.2 Å². The molecule has 5 heteroatoms. The SMILES string of the molecule is COC(=O)c1cnc2cc(F)c(C(C)C)cc2c1Nc1ccccc1. The molecule has 1 heterocycles. The van der Waals surface area contributed by atoms with Crippen LogP contribution in [0.15, 0.2) is 48.7 Å². The Morgan fingerprint density at radius 2 is 1.92 bits per heavy atom. The van der Waals surface area contributed by atoms with Crippen molar-refractivity contribution in [2.24, 2.45) is 0 Å². The molecular formula is C20H19FN2O2. The summed E-state index contributed by atoms with van der Waals surface area (Å²) >= 11 is 0. The fourth-order valence-corrected chi connectivity index (χ4v) is 2.74. The van der Waals surface area contributed by atoms with E-state index in [1.165, 1.54) is 19.4 Å². The number of carbonyl (C=O) groups is 1. The van der Waals surface area contributed by atoms with E-state index in [2.05, 4.69) is 10.3 Å². The van der Waals surface area contributed by atoms with Gasteiger partial charge in [-0.1, -0.05) is 32.0 Å². The van der Waals surface area contributed by atoms with Crippen LogP contribution in [0.4, 0.5) is 15.8 Å². The first-order valence-corrected chi connectivity index (χ1v) is 8.03. The van der Waals surface area contributed by atoms with Gasteiger partial charge in [-0.2, -0.15) is 0 Å². The van der Waals surface area contributed by atoms with Crippen LogP contribution in [0.25, 0.3) is 10.9 Å². The van der Waals surface area contributed by atoms with E-state index in [0.29, 0.717) is 27.7 Å². The van der Waals surface area contributed by atoms with Crippen LogP contribution in [-0.2, 0) is 4.74 Å². The van der Waals surface area contributed by atoms with Gasteiger partial charge >= 0.3 is 5.97 Å². The van der Waals surface area contributed by atoms with E-state index >= 15 is 0 Å². The lowest BCUT2D eigenvalue weighted by Gasteiger charge is -2.16. The van der Waals surface area contributed by atoms with Crippen molar-refractivity contribution in [3.63, 3.8) is 0 Å². The minimum Gasteiger partial charge on any atom is -0.465 e. The number of nitrogens with one attached hydrogen (secondary N) is 1. The normalized spacial score (nSPS) is 10.9. The third-order valence-electron chi connectivity index (χ3n) is 4.06. The Balaban J connectivity index is 2.27. The minimum absolute atomic E-state index is 0.00996. The molecule has 3 aromatic rings. The largest absolute Gasteiger partial charge is 0.465 e. The molecule has 0 aliphatic carbocycles. The minimum atomic E-state index is -0.497. The predicted octanol–water partition coefficient (Wildman–Crippen LogP) is 5.03. The number of benzene rings is 2. The molecule has 25 heavy (non-hydrogen) atoms. The zero-order valence-electron chi connectivity index (χ0n) is 14.3. The van der Waals surface area contributed by atoms with Crippen LogP contribution in [0.1, 0.15) is 35.7 Å². The Hall–Kier alpha value is -2.95. The Labute approximate surface area is 145 Å². The number of hydrogen-bond acceptors (Lipinski definition) is 4. The lowest BCUT2D eigenvalue weighted by Crippen LogP contribution is -2.08. The van der Waals surface area contributed by atoms with Gasteiger partial charge in [0.25, 0.3) is 0 Å². The molecule has 0 fully saturated rings. The summed E-state index contributed by atoms with van der Waals surface area (Å²) < 4.78 is 19.2. The molecule has 0 atom stereocenters. The van der Waals surface area contributed by atoms with Crippen LogP contribution < -0.4 is 5.32 Å². The summed E-state index contributed by atoms with van der Waals surface area (Å²) in [6, 6.07) is 12.6. The molecule has 0 saturated heterocycles. The number of ether oxygens (including phenoxy) is 1. The average Bonchev–Trinajstić information content (AvgIpc) is 2.61. The quantitative estimate of drug-likeness (QED) is 0.678. The second-order valence-electron chi connectivity index (χ2n) is 6.08. The fourth-order valence-electron chi connectivity index (χ4n) is 2.74. The molecule has 0 unspecified atom stereocenters. The molecule has 0 amide bonds. The van der Waals surface area contributed by atoms with Crippen molar-refractivity contribution in [1.82, 2.24) is 4.98 Å². The highest BCUT2D eigenvalue weighted by Crippen LogP contribution is 2.33. The van der Waals surface area contributed by atoms with Crippen molar-refractivity contribution in [2.45, 2.75) is 19.8 Å². The lowest BCUT2D eigenvalue weighted by atomic mass is 9.98. The van der Waals surface area contributed by atoms with Gasteiger partial charge in [-0.25, -0.2) is 9.18 Å². The molecule has 3 rings (SSSR count). The summed E-state index contributed by atoms with van der Waals surface area (Å²) in [5.74, 6) is -0.787. The molecule has 1 aromatic heterocycles. The monoisotopic (exact) mass is 338 g/mol. The third kappa shape index (κ3) is 3.31. The highest BCUT2D eigenvalue weighted by molar-refractivity contribution is 6.06. The summed E-state index contributed by atoms with van der Waals surface area (Å²) in [6.07, 6.45) is 1.41. The zero-order chi connectivity index (χ0) is 18.0. The van der Waals surface area contributed by atoms with E-state index in [9.17, 15) is 9.18 Å². The van der Waals surface area contributed by atoms with Gasteiger partial charge < -0.3 is 10.1 Å². The van der Waals surface area contributed by atoms with E-state index in [0.717, 1.165) is 5.69 Å². The van der Waals surface area contributed by atoms with Crippen LogP contribution in [-0.4, -0.2) is 18.1 Å². The van der Waals surface area contributed by atoms with Crippen LogP contribution in [0.5, 0.6) is 0 Å². The number of halogens is 1. The van der Waals surface area contributed by atoms with Crippen LogP contribution >= 0.6 is 0 Å². The maximum atomic E-state index is 14.3. The average molecular weight is 338 g/mol. The van der Waals surface area contributed by atoms with Gasteiger partial charge in [0.2, 0.25) is 0 Å². The summed E-state index contributed by atoms with van der Waals surface area (Å²) in [6.45, 7) is 3.85. The van der Waals surface area contributed by atoms with Crippen molar-refractivity contribution in [2.75, 3.05) is 12.4 Å². The molecule has 0 spiro atoms. The number of fused-ring (bicyclic) bond motifs is 1. The van der Waals surface area contributed by atoms with Crippen molar-refractivity contribution < 1.29 is 13.9 Å². The second kappa shape index (κ2) is 6.89. The van der Waals surface area contributed by atoms with Gasteiger partial charge in [-0.05, 0) is 29.7 Å². The molecule has 1 N–H and O–H groups in total. The Morgan fingerprint density at radius 1 is 1.20 bits per heavy atom. The predicted molar refractivity (Wildman–Crippen MR) is 96.9 cm³/mol. The first-order valence-electron chi connectivity index (χ1n) is 8.03. The summed E-state index contributed by atoms with van der Waals surface area (Å²) in [4.78, 5) is 16.4. The molecule has 2 aromatic carbocycles. The number of anilines is 2. The number of carbonyl (C=O) groups excluding carboxylic acids is 1. The number of aromatic nitrogens is 1. The molecule has 0 radical (unpaired) electrons. The number of esters is 1.